The molecule has 3 N–H and O–H groups in total. The fourth-order valence-corrected chi connectivity index (χ4v) is 2.48. The van der Waals surface area contributed by atoms with Crippen LogP contribution in [0.25, 0.3) is 0 Å². The Morgan fingerprint density at radius 3 is 2.57 bits per heavy atom. The van der Waals surface area contributed by atoms with Crippen molar-refractivity contribution in [1.82, 2.24) is 15.5 Å². The van der Waals surface area contributed by atoms with Crippen LogP contribution in [0.1, 0.15) is 21.7 Å². The lowest BCUT2D eigenvalue weighted by molar-refractivity contribution is 0.102. The molecule has 0 bridgehead atoms. The van der Waals surface area contributed by atoms with Crippen molar-refractivity contribution in [2.24, 2.45) is 0 Å². The highest BCUT2D eigenvalue weighted by Crippen LogP contribution is 2.26. The molecule has 1 aromatic carbocycles. The number of hydrogen-bond acceptors (Lipinski definition) is 5. The Bertz CT molecular complexity index is 680. The summed E-state index contributed by atoms with van der Waals surface area (Å²) in [6.45, 7) is 1.54. The summed E-state index contributed by atoms with van der Waals surface area (Å²) in [5, 5.41) is 13.2. The van der Waals surface area contributed by atoms with Crippen LogP contribution in [0, 0.1) is 0 Å². The zero-order valence-electron chi connectivity index (χ0n) is 12.9. The number of H-pyrrole nitrogens is 1. The van der Waals surface area contributed by atoms with E-state index in [1.165, 1.54) is 0 Å². The quantitative estimate of drug-likeness (QED) is 0.790. The topological polar surface area (TPSA) is 88.3 Å². The van der Waals surface area contributed by atoms with Crippen LogP contribution in [-0.4, -0.2) is 36.9 Å². The van der Waals surface area contributed by atoms with E-state index in [-0.39, 0.29) is 18.3 Å². The zero-order valence-corrected chi connectivity index (χ0v) is 13.8. The number of rotatable bonds is 4. The van der Waals surface area contributed by atoms with Crippen LogP contribution in [-0.2, 0) is 13.0 Å². The minimum absolute atomic E-state index is 0. The summed E-state index contributed by atoms with van der Waals surface area (Å²) < 4.78 is 10.4. The number of methoxy groups -OCH3 is 2. The maximum atomic E-state index is 12.4. The van der Waals surface area contributed by atoms with E-state index in [9.17, 15) is 4.79 Å². The average Bonchev–Trinajstić information content (AvgIpc) is 2.98. The second kappa shape index (κ2) is 7.34. The molecule has 0 spiro atoms. The molecular formula is C15H19ClN4O3. The van der Waals surface area contributed by atoms with Gasteiger partial charge in [0, 0.05) is 54.7 Å². The molecule has 0 fully saturated rings. The van der Waals surface area contributed by atoms with Gasteiger partial charge in [-0.1, -0.05) is 0 Å². The summed E-state index contributed by atoms with van der Waals surface area (Å²) in [6.07, 6.45) is 0.850. The lowest BCUT2D eigenvalue weighted by atomic mass is 10.1. The summed E-state index contributed by atoms with van der Waals surface area (Å²) in [4.78, 5) is 12.4. The van der Waals surface area contributed by atoms with Crippen molar-refractivity contribution < 1.29 is 14.3 Å². The highest BCUT2D eigenvalue weighted by atomic mass is 35.5. The third kappa shape index (κ3) is 3.57. The van der Waals surface area contributed by atoms with Crippen LogP contribution in [0.4, 0.5) is 5.69 Å². The molecule has 0 unspecified atom stereocenters. The number of benzene rings is 1. The van der Waals surface area contributed by atoms with Crippen molar-refractivity contribution in [2.45, 2.75) is 13.0 Å². The number of aromatic nitrogens is 2. The first-order valence-electron chi connectivity index (χ1n) is 7.02. The van der Waals surface area contributed by atoms with E-state index in [0.717, 1.165) is 24.2 Å². The molecule has 1 aliphatic rings. The Balaban J connectivity index is 0.00000192. The maximum absolute atomic E-state index is 12.4. The largest absolute Gasteiger partial charge is 0.497 e. The number of nitrogens with zero attached hydrogens (tertiary/aromatic N) is 1. The Kier molecular flexibility index (Phi) is 5.46. The second-order valence-corrected chi connectivity index (χ2v) is 5.01. The molecule has 0 saturated carbocycles. The van der Waals surface area contributed by atoms with E-state index in [1.807, 2.05) is 0 Å². The molecule has 1 aromatic heterocycles. The normalized spacial score (nSPS) is 12.8. The lowest BCUT2D eigenvalue weighted by Gasteiger charge is -2.13. The minimum Gasteiger partial charge on any atom is -0.497 e. The van der Waals surface area contributed by atoms with Crippen molar-refractivity contribution in [3.63, 3.8) is 0 Å². The summed E-state index contributed by atoms with van der Waals surface area (Å²) >= 11 is 0. The van der Waals surface area contributed by atoms with Gasteiger partial charge in [-0.25, -0.2) is 0 Å². The van der Waals surface area contributed by atoms with Crippen LogP contribution < -0.4 is 20.1 Å². The van der Waals surface area contributed by atoms with Gasteiger partial charge in [-0.2, -0.15) is 5.10 Å². The van der Waals surface area contributed by atoms with Crippen LogP contribution in [0.5, 0.6) is 11.5 Å². The molecule has 7 nitrogen and oxygen atoms in total. The minimum atomic E-state index is -0.253. The summed E-state index contributed by atoms with van der Waals surface area (Å²) in [5.41, 5.74) is 2.97. The predicted octanol–water partition coefficient (Wildman–Crippen LogP) is 1.75. The number of nitrogens with one attached hydrogen (secondary N) is 3. The summed E-state index contributed by atoms with van der Waals surface area (Å²) in [6, 6.07) is 5.21. The molecule has 1 amide bonds. The SMILES string of the molecule is COc1cc(NC(=O)c2n[nH]c3c2CNCC3)cc(OC)c1.Cl. The zero-order chi connectivity index (χ0) is 15.5. The number of fused-ring (bicyclic) bond motifs is 1. The van der Waals surface area contributed by atoms with Crippen LogP contribution in [0.15, 0.2) is 18.2 Å². The van der Waals surface area contributed by atoms with Crippen molar-refractivity contribution >= 4 is 24.0 Å². The van der Waals surface area contributed by atoms with Crippen molar-refractivity contribution in [1.29, 1.82) is 0 Å². The predicted molar refractivity (Wildman–Crippen MR) is 88.7 cm³/mol. The number of anilines is 1. The molecule has 124 valence electrons. The fourth-order valence-electron chi connectivity index (χ4n) is 2.48. The fraction of sp³-hybridized carbons (Fsp3) is 0.333. The van der Waals surface area contributed by atoms with Gasteiger partial charge in [0.05, 0.1) is 14.2 Å². The highest BCUT2D eigenvalue weighted by Gasteiger charge is 2.21. The molecule has 0 atom stereocenters. The Morgan fingerprint density at radius 2 is 1.91 bits per heavy atom. The number of halogens is 1. The number of aromatic amines is 1. The van der Waals surface area contributed by atoms with Gasteiger partial charge in [0.15, 0.2) is 5.69 Å². The molecular weight excluding hydrogens is 320 g/mol. The molecule has 0 saturated heterocycles. The van der Waals surface area contributed by atoms with E-state index in [0.29, 0.717) is 29.4 Å². The van der Waals surface area contributed by atoms with Gasteiger partial charge < -0.3 is 20.1 Å². The van der Waals surface area contributed by atoms with Gasteiger partial charge in [0.25, 0.3) is 5.91 Å². The van der Waals surface area contributed by atoms with Crippen molar-refractivity contribution in [2.75, 3.05) is 26.1 Å². The standard InChI is InChI=1S/C15H18N4O3.ClH/c1-21-10-5-9(6-11(7-10)22-2)17-15(20)14-12-8-16-4-3-13(12)18-19-14;/h5-7,16H,3-4,8H2,1-2H3,(H,17,20)(H,18,19);1H. The molecule has 8 heteroatoms. The maximum Gasteiger partial charge on any atom is 0.276 e. The lowest BCUT2D eigenvalue weighted by Crippen LogP contribution is -2.25. The Labute approximate surface area is 140 Å². The molecule has 2 heterocycles. The van der Waals surface area contributed by atoms with Crippen LogP contribution in [0.3, 0.4) is 0 Å². The number of amides is 1. The summed E-state index contributed by atoms with van der Waals surface area (Å²) in [7, 11) is 3.13. The third-order valence-electron chi connectivity index (χ3n) is 3.63. The molecule has 0 radical (unpaired) electrons. The van der Waals surface area contributed by atoms with Gasteiger partial charge in [-0.05, 0) is 0 Å². The van der Waals surface area contributed by atoms with Crippen LogP contribution >= 0.6 is 12.4 Å². The number of carbonyl (C=O) groups excluding carboxylic acids is 1. The van der Waals surface area contributed by atoms with Gasteiger partial charge in [-0.15, -0.1) is 12.4 Å². The smallest absolute Gasteiger partial charge is 0.276 e. The van der Waals surface area contributed by atoms with Crippen molar-refractivity contribution in [3.05, 3.63) is 35.2 Å². The first-order valence-corrected chi connectivity index (χ1v) is 7.02. The number of carbonyl (C=O) groups is 1. The molecule has 1 aliphatic heterocycles. The van der Waals surface area contributed by atoms with E-state index >= 15 is 0 Å². The first kappa shape index (κ1) is 17.1. The average molecular weight is 339 g/mol. The van der Waals surface area contributed by atoms with E-state index in [2.05, 4.69) is 20.8 Å². The number of ether oxygens (including phenoxy) is 2. The molecule has 0 aliphatic carbocycles. The Hall–Kier alpha value is -2.25. The first-order chi connectivity index (χ1) is 10.7. The second-order valence-electron chi connectivity index (χ2n) is 5.01. The monoisotopic (exact) mass is 338 g/mol. The van der Waals surface area contributed by atoms with Crippen molar-refractivity contribution in [3.8, 4) is 11.5 Å². The van der Waals surface area contributed by atoms with E-state index in [1.54, 1.807) is 32.4 Å². The Morgan fingerprint density at radius 1 is 1.22 bits per heavy atom. The van der Waals surface area contributed by atoms with Crippen LogP contribution in [0.2, 0.25) is 0 Å². The molecule has 3 rings (SSSR count). The van der Waals surface area contributed by atoms with Gasteiger partial charge in [0.1, 0.15) is 11.5 Å². The number of hydrogen-bond donors (Lipinski definition) is 3. The van der Waals surface area contributed by atoms with E-state index in [4.69, 9.17) is 9.47 Å². The summed E-state index contributed by atoms with van der Waals surface area (Å²) in [5.74, 6) is 0.970. The van der Waals surface area contributed by atoms with E-state index < -0.39 is 0 Å². The van der Waals surface area contributed by atoms with Gasteiger partial charge in [0.2, 0.25) is 0 Å². The highest BCUT2D eigenvalue weighted by molar-refractivity contribution is 6.04. The molecule has 2 aromatic rings. The third-order valence-corrected chi connectivity index (χ3v) is 3.63. The molecule has 23 heavy (non-hydrogen) atoms. The van der Waals surface area contributed by atoms with Gasteiger partial charge in [-0.3, -0.25) is 9.89 Å². The van der Waals surface area contributed by atoms with Gasteiger partial charge >= 0.3 is 0 Å².